The van der Waals surface area contributed by atoms with Gasteiger partial charge in [0, 0.05) is 26.2 Å². The molecule has 4 heteroatoms. The van der Waals surface area contributed by atoms with Gasteiger partial charge in [0.15, 0.2) is 0 Å². The van der Waals surface area contributed by atoms with E-state index in [0.29, 0.717) is 0 Å². The van der Waals surface area contributed by atoms with E-state index < -0.39 is 5.97 Å². The quantitative estimate of drug-likeness (QED) is 0.612. The Morgan fingerprint density at radius 1 is 1.42 bits per heavy atom. The summed E-state index contributed by atoms with van der Waals surface area (Å²) < 4.78 is 0. The summed E-state index contributed by atoms with van der Waals surface area (Å²) in [6, 6.07) is 0. The first-order chi connectivity index (χ1) is 5.04. The summed E-state index contributed by atoms with van der Waals surface area (Å²) in [5, 5.41) is 7.86. The molecular weight excluding hydrogens is 235 g/mol. The van der Waals surface area contributed by atoms with Crippen LogP contribution >= 0.6 is 0 Å². The number of ketones is 1. The third-order valence-corrected chi connectivity index (χ3v) is 0.754. The number of carbonyl (C=O) groups is 2. The molecule has 0 saturated heterocycles. The Hall–Kier alpha value is 0.0231. The second-order valence-electron chi connectivity index (χ2n) is 2.13. The predicted octanol–water partition coefficient (Wildman–Crippen LogP) is 1.67. The fourth-order valence-corrected chi connectivity index (χ4v) is 0.213. The van der Waals surface area contributed by atoms with E-state index in [4.69, 9.17) is 5.11 Å². The minimum atomic E-state index is -1.06. The molecule has 0 amide bonds. The first-order valence-electron chi connectivity index (χ1n) is 3.55. The maximum atomic E-state index is 9.87. The molecule has 12 heavy (non-hydrogen) atoms. The fraction of sp³-hybridized carbons (Fsp3) is 0.625. The standard InChI is InChI=1S/C4H6O3.C4H9.Zr/c1-3(5)2-4(6)7;1-3-4-2;/h2H2,1H3,(H,6,7);1,3-4H2,2H3;/q;-1;. The zero-order valence-electron chi connectivity index (χ0n) is 7.59. The monoisotopic (exact) mass is 249 g/mol. The van der Waals surface area contributed by atoms with Crippen molar-refractivity contribution in [2.75, 3.05) is 0 Å². The van der Waals surface area contributed by atoms with E-state index in [1.165, 1.54) is 13.3 Å². The zero-order valence-corrected chi connectivity index (χ0v) is 10.1. The number of carboxylic acid groups (broad SMARTS) is 1. The Labute approximate surface area is 92.7 Å². The summed E-state index contributed by atoms with van der Waals surface area (Å²) in [6.07, 6.45) is 1.92. The number of Topliss-reactive ketones (excluding diaryl/α,β-unsaturated/α-hetero) is 1. The molecule has 0 atom stereocenters. The Balaban J connectivity index is -0.000000142. The molecule has 0 aromatic carbocycles. The van der Waals surface area contributed by atoms with Gasteiger partial charge >= 0.3 is 5.97 Å². The van der Waals surface area contributed by atoms with Gasteiger partial charge in [-0.25, -0.2) is 0 Å². The largest absolute Gasteiger partial charge is 0.481 e. The summed E-state index contributed by atoms with van der Waals surface area (Å²) >= 11 is 0. The normalized spacial score (nSPS) is 7.25. The van der Waals surface area contributed by atoms with Crippen LogP contribution in [0.3, 0.4) is 0 Å². The van der Waals surface area contributed by atoms with Crippen LogP contribution in [0.4, 0.5) is 0 Å². The van der Waals surface area contributed by atoms with Crippen LogP contribution in [0.2, 0.25) is 0 Å². The number of carbonyl (C=O) groups excluding carboxylic acids is 1. The summed E-state index contributed by atoms with van der Waals surface area (Å²) in [7, 11) is 0. The van der Waals surface area contributed by atoms with E-state index in [1.54, 1.807) is 0 Å². The Bertz CT molecular complexity index is 109. The molecule has 0 fully saturated rings. The topological polar surface area (TPSA) is 54.4 Å². The molecule has 0 bridgehead atoms. The number of hydrogen-bond donors (Lipinski definition) is 1. The van der Waals surface area contributed by atoms with E-state index in [-0.39, 0.29) is 38.4 Å². The van der Waals surface area contributed by atoms with Gasteiger partial charge < -0.3 is 12.0 Å². The fourth-order valence-electron chi connectivity index (χ4n) is 0.213. The molecule has 0 aliphatic heterocycles. The number of rotatable bonds is 3. The van der Waals surface area contributed by atoms with Gasteiger partial charge in [0.1, 0.15) is 12.2 Å². The minimum absolute atomic E-state index is 0. The number of hydrogen-bond acceptors (Lipinski definition) is 2. The van der Waals surface area contributed by atoms with Crippen LogP contribution in [-0.2, 0) is 35.8 Å². The summed E-state index contributed by atoms with van der Waals surface area (Å²) in [4.78, 5) is 19.5. The molecule has 1 N–H and O–H groups in total. The first kappa shape index (κ1) is 17.9. The smallest absolute Gasteiger partial charge is 0.310 e. The van der Waals surface area contributed by atoms with Crippen LogP contribution in [0.15, 0.2) is 0 Å². The molecule has 0 aliphatic rings. The molecule has 0 saturated carbocycles. The van der Waals surface area contributed by atoms with Crippen LogP contribution in [-0.4, -0.2) is 16.9 Å². The van der Waals surface area contributed by atoms with E-state index in [1.807, 2.05) is 0 Å². The number of aliphatic carboxylic acids is 1. The van der Waals surface area contributed by atoms with Crippen molar-refractivity contribution in [2.24, 2.45) is 0 Å². The van der Waals surface area contributed by atoms with E-state index in [2.05, 4.69) is 13.8 Å². The van der Waals surface area contributed by atoms with E-state index in [0.717, 1.165) is 6.42 Å². The average Bonchev–Trinajstić information content (AvgIpc) is 1.85. The van der Waals surface area contributed by atoms with Crippen molar-refractivity contribution in [2.45, 2.75) is 33.1 Å². The Morgan fingerprint density at radius 3 is 1.75 bits per heavy atom. The number of carboxylic acids is 1. The van der Waals surface area contributed by atoms with Crippen molar-refractivity contribution in [3.63, 3.8) is 0 Å². The van der Waals surface area contributed by atoms with Gasteiger partial charge in [0.25, 0.3) is 0 Å². The third-order valence-electron chi connectivity index (χ3n) is 0.754. The molecule has 3 nitrogen and oxygen atoms in total. The molecule has 0 spiro atoms. The first-order valence-corrected chi connectivity index (χ1v) is 3.55. The second kappa shape index (κ2) is 13.6. The van der Waals surface area contributed by atoms with Crippen molar-refractivity contribution in [1.29, 1.82) is 0 Å². The molecule has 0 heterocycles. The third kappa shape index (κ3) is 32.3. The van der Waals surface area contributed by atoms with Crippen molar-refractivity contribution >= 4 is 11.8 Å². The van der Waals surface area contributed by atoms with E-state index >= 15 is 0 Å². The minimum Gasteiger partial charge on any atom is -0.481 e. The Kier molecular flexibility index (Phi) is 20.3. The molecule has 0 unspecified atom stereocenters. The van der Waals surface area contributed by atoms with Gasteiger partial charge in [-0.05, 0) is 6.92 Å². The predicted molar refractivity (Wildman–Crippen MR) is 43.2 cm³/mol. The van der Waals surface area contributed by atoms with Gasteiger partial charge in [-0.1, -0.05) is 13.3 Å². The van der Waals surface area contributed by atoms with Crippen LogP contribution in [0.5, 0.6) is 0 Å². The summed E-state index contributed by atoms with van der Waals surface area (Å²) in [5.74, 6) is -1.37. The molecule has 0 radical (unpaired) electrons. The molecule has 0 aromatic heterocycles. The van der Waals surface area contributed by atoms with Crippen LogP contribution in [0.1, 0.15) is 33.1 Å². The van der Waals surface area contributed by atoms with Crippen LogP contribution in [0.25, 0.3) is 0 Å². The van der Waals surface area contributed by atoms with Gasteiger partial charge in [-0.3, -0.25) is 9.59 Å². The van der Waals surface area contributed by atoms with Gasteiger partial charge in [0.05, 0.1) is 0 Å². The van der Waals surface area contributed by atoms with Gasteiger partial charge in [-0.2, -0.15) is 6.42 Å². The number of unbranched alkanes of at least 4 members (excludes halogenated alkanes) is 1. The zero-order chi connectivity index (χ0) is 9.28. The Morgan fingerprint density at radius 2 is 1.75 bits per heavy atom. The molecule has 0 aromatic rings. The van der Waals surface area contributed by atoms with Crippen molar-refractivity contribution in [1.82, 2.24) is 0 Å². The molecule has 70 valence electrons. The molecule has 0 rings (SSSR count). The molecule has 0 aliphatic carbocycles. The second-order valence-corrected chi connectivity index (χ2v) is 2.13. The molecular formula is C8H15O3Zr-. The van der Waals surface area contributed by atoms with Crippen LogP contribution in [0, 0.1) is 6.92 Å². The summed E-state index contributed by atoms with van der Waals surface area (Å²) in [5.41, 5.74) is 0. The van der Waals surface area contributed by atoms with Gasteiger partial charge in [0.2, 0.25) is 0 Å². The van der Waals surface area contributed by atoms with Crippen molar-refractivity contribution < 1.29 is 40.9 Å². The van der Waals surface area contributed by atoms with Crippen LogP contribution < -0.4 is 0 Å². The average molecular weight is 250 g/mol. The summed E-state index contributed by atoms with van der Waals surface area (Å²) in [6.45, 7) is 6.97. The SMILES string of the molecule is CC(=O)CC(=O)O.[CH2-]CCC.[Zr]. The van der Waals surface area contributed by atoms with Crippen molar-refractivity contribution in [3.8, 4) is 0 Å². The maximum absolute atomic E-state index is 9.87. The van der Waals surface area contributed by atoms with E-state index in [9.17, 15) is 9.59 Å². The van der Waals surface area contributed by atoms with Gasteiger partial charge in [-0.15, -0.1) is 0 Å². The maximum Gasteiger partial charge on any atom is 0.310 e. The van der Waals surface area contributed by atoms with Crippen molar-refractivity contribution in [3.05, 3.63) is 6.92 Å².